The topological polar surface area (TPSA) is 153 Å². The second-order valence-corrected chi connectivity index (χ2v) is 16.0. The number of anilines is 2. The molecule has 2 N–H and O–H groups in total. The number of pyridine rings is 1. The lowest BCUT2D eigenvalue weighted by Crippen LogP contribution is -2.45. The van der Waals surface area contributed by atoms with E-state index in [9.17, 15) is 36.0 Å². The van der Waals surface area contributed by atoms with Gasteiger partial charge >= 0.3 is 18.2 Å². The quantitative estimate of drug-likeness (QED) is 0.128. The highest BCUT2D eigenvalue weighted by molar-refractivity contribution is 7.89. The highest BCUT2D eigenvalue weighted by Gasteiger charge is 2.34. The van der Waals surface area contributed by atoms with E-state index in [0.29, 0.717) is 30.3 Å². The van der Waals surface area contributed by atoms with Crippen LogP contribution < -0.4 is 19.7 Å². The van der Waals surface area contributed by atoms with E-state index in [-0.39, 0.29) is 31.0 Å². The summed E-state index contributed by atoms with van der Waals surface area (Å²) in [5.41, 5.74) is -1.37. The summed E-state index contributed by atoms with van der Waals surface area (Å²) in [5.74, 6) is -0.660. The fraction of sp³-hybridized carbons (Fsp3) is 0.459. The molecule has 2 aromatic carbocycles. The summed E-state index contributed by atoms with van der Waals surface area (Å²) < 4.78 is 85.7. The maximum atomic E-state index is 13.3. The van der Waals surface area contributed by atoms with Gasteiger partial charge in [-0.2, -0.15) is 17.9 Å². The average molecular weight is 765 g/mol. The highest BCUT2D eigenvalue weighted by Crippen LogP contribution is 2.31. The van der Waals surface area contributed by atoms with Crippen LogP contribution in [0.4, 0.5) is 29.5 Å². The number of nitrogens with one attached hydrogen (secondary N) is 2. The Morgan fingerprint density at radius 3 is 2.19 bits per heavy atom. The van der Waals surface area contributed by atoms with Crippen LogP contribution in [-0.2, 0) is 41.7 Å². The molecule has 0 aliphatic heterocycles. The van der Waals surface area contributed by atoms with Gasteiger partial charge in [0.25, 0.3) is 0 Å². The molecule has 0 saturated carbocycles. The van der Waals surface area contributed by atoms with Gasteiger partial charge in [0.15, 0.2) is 0 Å². The van der Waals surface area contributed by atoms with Crippen molar-refractivity contribution in [3.8, 4) is 5.75 Å². The van der Waals surface area contributed by atoms with Crippen molar-refractivity contribution in [1.29, 1.82) is 0 Å². The fourth-order valence-electron chi connectivity index (χ4n) is 4.83. The molecule has 290 valence electrons. The number of nitrogens with zero attached hydrogens (tertiary/aromatic N) is 2. The third-order valence-electron chi connectivity index (χ3n) is 7.08. The number of esters is 1. The van der Waals surface area contributed by atoms with Crippen LogP contribution in [0.2, 0.25) is 0 Å². The van der Waals surface area contributed by atoms with Crippen LogP contribution in [0, 0.1) is 6.92 Å². The summed E-state index contributed by atoms with van der Waals surface area (Å²) in [6, 6.07) is 9.80. The molecule has 1 atom stereocenters. The lowest BCUT2D eigenvalue weighted by molar-refractivity contribution is -0.157. The van der Waals surface area contributed by atoms with Crippen molar-refractivity contribution in [2.45, 2.75) is 103 Å². The Morgan fingerprint density at radius 2 is 1.58 bits per heavy atom. The molecular formula is C37H47F3N4O8S. The van der Waals surface area contributed by atoms with Crippen molar-refractivity contribution in [3.63, 3.8) is 0 Å². The van der Waals surface area contributed by atoms with Gasteiger partial charge in [-0.1, -0.05) is 12.1 Å². The first kappa shape index (κ1) is 42.7. The lowest BCUT2D eigenvalue weighted by atomic mass is 10.0. The molecule has 1 aromatic heterocycles. The van der Waals surface area contributed by atoms with E-state index in [1.165, 1.54) is 24.0 Å². The number of alkyl halides is 3. The summed E-state index contributed by atoms with van der Waals surface area (Å²) >= 11 is 0. The molecule has 0 unspecified atom stereocenters. The smallest absolute Gasteiger partial charge is 0.416 e. The van der Waals surface area contributed by atoms with Crippen LogP contribution in [0.1, 0.15) is 78.0 Å². The molecule has 0 radical (unpaired) electrons. The van der Waals surface area contributed by atoms with E-state index >= 15 is 0 Å². The molecule has 0 aliphatic carbocycles. The van der Waals surface area contributed by atoms with Crippen LogP contribution in [0.25, 0.3) is 0 Å². The second-order valence-electron chi connectivity index (χ2n) is 14.3. The van der Waals surface area contributed by atoms with Crippen molar-refractivity contribution in [2.24, 2.45) is 0 Å². The predicted molar refractivity (Wildman–Crippen MR) is 193 cm³/mol. The minimum atomic E-state index is -4.79. The summed E-state index contributed by atoms with van der Waals surface area (Å²) in [7, 11) is -4.64. The lowest BCUT2D eigenvalue weighted by Gasteiger charge is -2.27. The summed E-state index contributed by atoms with van der Waals surface area (Å²) in [5, 5.41) is 2.67. The molecule has 1 heterocycles. The molecule has 12 nitrogen and oxygen atoms in total. The number of benzene rings is 2. The Bertz CT molecular complexity index is 1870. The first-order valence-corrected chi connectivity index (χ1v) is 18.3. The van der Waals surface area contributed by atoms with Gasteiger partial charge in [0, 0.05) is 19.7 Å². The normalized spacial score (nSPS) is 12.8. The van der Waals surface area contributed by atoms with Gasteiger partial charge in [0.1, 0.15) is 28.8 Å². The zero-order valence-electron chi connectivity index (χ0n) is 31.1. The molecule has 0 spiro atoms. The number of halogens is 3. The van der Waals surface area contributed by atoms with Gasteiger partial charge in [0.2, 0.25) is 15.9 Å². The summed E-state index contributed by atoms with van der Waals surface area (Å²) in [6.07, 6.45) is -3.01. The maximum absolute atomic E-state index is 13.3. The van der Waals surface area contributed by atoms with Crippen LogP contribution in [0.3, 0.4) is 0 Å². The Balaban J connectivity index is 1.79. The number of hydrogen-bond acceptors (Lipinski definition) is 9. The largest absolute Gasteiger partial charge is 0.491 e. The number of ether oxygens (including phenoxy) is 3. The number of carbonyl (C=O) groups excluding carboxylic acids is 3. The molecule has 16 heteroatoms. The zero-order valence-corrected chi connectivity index (χ0v) is 31.9. The van der Waals surface area contributed by atoms with E-state index in [2.05, 4.69) is 15.0 Å². The van der Waals surface area contributed by atoms with Gasteiger partial charge < -0.3 is 19.5 Å². The van der Waals surface area contributed by atoms with Crippen molar-refractivity contribution < 1.29 is 50.2 Å². The fourth-order valence-corrected chi connectivity index (χ4v) is 6.06. The first-order chi connectivity index (χ1) is 24.4. The van der Waals surface area contributed by atoms with Crippen molar-refractivity contribution in [1.82, 2.24) is 9.71 Å². The first-order valence-electron chi connectivity index (χ1n) is 16.8. The van der Waals surface area contributed by atoms with Gasteiger partial charge in [-0.15, -0.1) is 0 Å². The highest BCUT2D eigenvalue weighted by atomic mass is 32.2. The maximum Gasteiger partial charge on any atom is 0.416 e. The molecule has 0 bridgehead atoms. The van der Waals surface area contributed by atoms with Gasteiger partial charge in [-0.3, -0.25) is 14.5 Å². The number of unbranched alkanes of at least 4 members (excludes halogenated alkanes) is 1. The van der Waals surface area contributed by atoms with Gasteiger partial charge in [-0.25, -0.2) is 18.2 Å². The molecule has 0 fully saturated rings. The van der Waals surface area contributed by atoms with Crippen LogP contribution >= 0.6 is 0 Å². The molecule has 3 aromatic rings. The molecule has 2 amide bonds. The molecule has 0 saturated heterocycles. The monoisotopic (exact) mass is 764 g/mol. The van der Waals surface area contributed by atoms with Crippen LogP contribution in [-0.4, -0.2) is 61.8 Å². The molecule has 0 aliphatic rings. The van der Waals surface area contributed by atoms with E-state index in [0.717, 1.165) is 23.8 Å². The Morgan fingerprint density at radius 1 is 0.906 bits per heavy atom. The minimum absolute atomic E-state index is 0.187. The third-order valence-corrected chi connectivity index (χ3v) is 8.55. The number of aromatic nitrogens is 1. The summed E-state index contributed by atoms with van der Waals surface area (Å²) in [4.78, 5) is 43.4. The SMILES string of the molecule is CC(=O)Nc1cc(C[C@H](NS(=O)(=O)c2cccc(C(F)(F)F)c2)C(=O)OC(C)(C)C)ccc1OCCCCN(C(=O)OC(C)(C)C)c1cc(C)ccn1. The zero-order chi connectivity index (χ0) is 39.8. The van der Waals surface area contributed by atoms with E-state index in [1.54, 1.807) is 59.9 Å². The van der Waals surface area contributed by atoms with Gasteiger partial charge in [-0.05, 0) is 121 Å². The van der Waals surface area contributed by atoms with E-state index in [4.69, 9.17) is 14.2 Å². The van der Waals surface area contributed by atoms with Crippen LogP contribution in [0.15, 0.2) is 65.7 Å². The molecular weight excluding hydrogens is 717 g/mol. The van der Waals surface area contributed by atoms with Crippen molar-refractivity contribution in [2.75, 3.05) is 23.4 Å². The van der Waals surface area contributed by atoms with Crippen molar-refractivity contribution >= 4 is 39.5 Å². The second kappa shape index (κ2) is 17.4. The third kappa shape index (κ3) is 14.0. The average Bonchev–Trinajstić information content (AvgIpc) is 3.01. The standard InChI is InChI=1S/C37H47F3N4O8S/c1-24-16-17-41-32(20-24)44(34(47)52-36(6,7)8)18-9-10-19-50-31-15-14-26(21-29(31)42-25(2)45)22-30(33(46)51-35(3,4)5)43-53(48,49)28-13-11-12-27(23-28)37(38,39)40/h11-17,20-21,23,30,43H,9-10,18-19,22H2,1-8H3,(H,42,45)/t30-/m0/s1. The van der Waals surface area contributed by atoms with E-state index < -0.39 is 61.9 Å². The number of carbonyl (C=O) groups is 3. The summed E-state index contributed by atoms with van der Waals surface area (Å²) in [6.45, 7) is 13.7. The Hall–Kier alpha value is -4.70. The van der Waals surface area contributed by atoms with E-state index in [1.807, 2.05) is 13.0 Å². The van der Waals surface area contributed by atoms with Crippen molar-refractivity contribution in [3.05, 3.63) is 77.5 Å². The number of rotatable bonds is 14. The molecule has 3 rings (SSSR count). The van der Waals surface area contributed by atoms with Crippen LogP contribution in [0.5, 0.6) is 5.75 Å². The Labute approximate surface area is 308 Å². The molecule has 53 heavy (non-hydrogen) atoms. The minimum Gasteiger partial charge on any atom is -0.491 e. The number of amides is 2. The predicted octanol–water partition coefficient (Wildman–Crippen LogP) is 7.20. The number of aryl methyl sites for hydroxylation is 1. The Kier molecular flexibility index (Phi) is 14.0. The number of hydrogen-bond donors (Lipinski definition) is 2. The van der Waals surface area contributed by atoms with Gasteiger partial charge in [0.05, 0.1) is 22.8 Å². The number of sulfonamides is 1.